The Kier molecular flexibility index (Phi) is 4.52. The number of esters is 1. The summed E-state index contributed by atoms with van der Waals surface area (Å²) in [7, 11) is 0. The molecule has 1 aliphatic carbocycles. The number of allylic oxidation sites excluding steroid dienone is 2. The summed E-state index contributed by atoms with van der Waals surface area (Å²) in [6.45, 7) is 3.08. The molecule has 2 aromatic rings. The van der Waals surface area contributed by atoms with Gasteiger partial charge in [-0.2, -0.15) is 0 Å². The quantitative estimate of drug-likeness (QED) is 0.633. The van der Waals surface area contributed by atoms with Crippen molar-refractivity contribution in [2.24, 2.45) is 0 Å². The van der Waals surface area contributed by atoms with Gasteiger partial charge in [0.2, 0.25) is 11.6 Å². The highest BCUT2D eigenvalue weighted by Gasteiger charge is 2.37. The first-order chi connectivity index (χ1) is 12.3. The van der Waals surface area contributed by atoms with Gasteiger partial charge in [-0.1, -0.05) is 29.3 Å². The zero-order chi connectivity index (χ0) is 19.0. The van der Waals surface area contributed by atoms with Crippen LogP contribution in [0, 0.1) is 6.92 Å². The van der Waals surface area contributed by atoms with E-state index in [1.165, 1.54) is 19.1 Å². The van der Waals surface area contributed by atoms with E-state index in [1.807, 2.05) is 19.1 Å². The predicted octanol–water partition coefficient (Wildman–Crippen LogP) is 3.57. The van der Waals surface area contributed by atoms with Gasteiger partial charge >= 0.3 is 5.97 Å². The van der Waals surface area contributed by atoms with Crippen LogP contribution in [0.25, 0.3) is 0 Å². The molecule has 0 spiro atoms. The first-order valence-electron chi connectivity index (χ1n) is 7.67. The number of anilines is 1. The average Bonchev–Trinajstić information content (AvgIpc) is 2.59. The average molecular weight is 372 g/mol. The zero-order valence-corrected chi connectivity index (χ0v) is 14.7. The first kappa shape index (κ1) is 17.7. The van der Waals surface area contributed by atoms with Crippen LogP contribution < -0.4 is 10.1 Å². The van der Waals surface area contributed by atoms with Gasteiger partial charge in [0.15, 0.2) is 0 Å². The molecule has 0 heterocycles. The molecule has 132 valence electrons. The number of ether oxygens (including phenoxy) is 1. The third-order valence-corrected chi connectivity index (χ3v) is 4.18. The van der Waals surface area contributed by atoms with Gasteiger partial charge in [-0.3, -0.25) is 14.4 Å². The fraction of sp³-hybridized carbons (Fsp3) is 0.105. The van der Waals surface area contributed by atoms with Crippen LogP contribution in [0.3, 0.4) is 0 Å². The third kappa shape index (κ3) is 3.07. The van der Waals surface area contributed by atoms with Crippen LogP contribution in [-0.2, 0) is 4.79 Å². The Balaban J connectivity index is 2.11. The van der Waals surface area contributed by atoms with Crippen LogP contribution in [0.1, 0.15) is 33.2 Å². The largest absolute Gasteiger partial charge is 0.507 e. The van der Waals surface area contributed by atoms with Gasteiger partial charge in [-0.25, -0.2) is 0 Å². The van der Waals surface area contributed by atoms with Crippen molar-refractivity contribution in [2.75, 3.05) is 5.32 Å². The number of Topliss-reactive ketones (excluding diaryl/α,β-unsaturated/α-hetero) is 2. The van der Waals surface area contributed by atoms with Gasteiger partial charge in [0.1, 0.15) is 22.2 Å². The fourth-order valence-corrected chi connectivity index (χ4v) is 2.84. The summed E-state index contributed by atoms with van der Waals surface area (Å²) in [5.41, 5.74) is 0.945. The number of halogens is 1. The minimum absolute atomic E-state index is 0.115. The number of hydrogen-bond acceptors (Lipinski definition) is 6. The van der Waals surface area contributed by atoms with Gasteiger partial charge in [0.05, 0.1) is 11.1 Å². The highest BCUT2D eigenvalue weighted by Crippen LogP contribution is 2.39. The number of carbonyl (C=O) groups is 3. The summed E-state index contributed by atoms with van der Waals surface area (Å²) >= 11 is 6.09. The Morgan fingerprint density at radius 3 is 2.31 bits per heavy atom. The van der Waals surface area contributed by atoms with Gasteiger partial charge in [-0.15, -0.1) is 0 Å². The van der Waals surface area contributed by atoms with Crippen molar-refractivity contribution in [2.45, 2.75) is 13.8 Å². The number of ketones is 2. The molecule has 7 heteroatoms. The topological polar surface area (TPSA) is 92.7 Å². The van der Waals surface area contributed by atoms with E-state index < -0.39 is 23.3 Å². The lowest BCUT2D eigenvalue weighted by Crippen LogP contribution is -2.25. The van der Waals surface area contributed by atoms with Crippen LogP contribution in [-0.4, -0.2) is 22.6 Å². The Labute approximate surface area is 154 Å². The van der Waals surface area contributed by atoms with Crippen LogP contribution in [0.4, 0.5) is 5.69 Å². The molecule has 2 N–H and O–H groups in total. The second-order valence-electron chi connectivity index (χ2n) is 5.76. The molecule has 3 rings (SSSR count). The molecule has 1 aliphatic rings. The van der Waals surface area contributed by atoms with E-state index >= 15 is 0 Å². The number of fused-ring (bicyclic) bond motifs is 1. The van der Waals surface area contributed by atoms with E-state index in [1.54, 1.807) is 12.1 Å². The van der Waals surface area contributed by atoms with Crippen molar-refractivity contribution in [1.29, 1.82) is 0 Å². The van der Waals surface area contributed by atoms with Crippen LogP contribution >= 0.6 is 11.6 Å². The Morgan fingerprint density at radius 2 is 1.69 bits per heavy atom. The van der Waals surface area contributed by atoms with Gasteiger partial charge in [-0.05, 0) is 31.2 Å². The zero-order valence-electron chi connectivity index (χ0n) is 13.9. The highest BCUT2D eigenvalue weighted by atomic mass is 35.5. The Morgan fingerprint density at radius 1 is 1.04 bits per heavy atom. The predicted molar refractivity (Wildman–Crippen MR) is 95.8 cm³/mol. The van der Waals surface area contributed by atoms with E-state index in [4.69, 9.17) is 16.3 Å². The number of rotatable bonds is 3. The summed E-state index contributed by atoms with van der Waals surface area (Å²) in [6.07, 6.45) is 0. The van der Waals surface area contributed by atoms with Crippen molar-refractivity contribution >= 4 is 34.8 Å². The highest BCUT2D eigenvalue weighted by molar-refractivity contribution is 6.50. The van der Waals surface area contributed by atoms with E-state index in [0.29, 0.717) is 5.69 Å². The fourth-order valence-electron chi connectivity index (χ4n) is 2.61. The summed E-state index contributed by atoms with van der Waals surface area (Å²) < 4.78 is 5.02. The molecule has 0 saturated carbocycles. The van der Waals surface area contributed by atoms with Crippen molar-refractivity contribution in [3.05, 3.63) is 63.8 Å². The van der Waals surface area contributed by atoms with E-state index in [2.05, 4.69) is 5.32 Å². The van der Waals surface area contributed by atoms with Crippen LogP contribution in [0.5, 0.6) is 11.5 Å². The molecule has 26 heavy (non-hydrogen) atoms. The maximum atomic E-state index is 12.9. The maximum absolute atomic E-state index is 12.9. The maximum Gasteiger partial charge on any atom is 0.308 e. The number of nitrogens with one attached hydrogen (secondary N) is 1. The number of hydrogen-bond donors (Lipinski definition) is 2. The van der Waals surface area contributed by atoms with Gasteiger partial charge in [0.25, 0.3) is 0 Å². The molecular weight excluding hydrogens is 358 g/mol. The number of phenols is 1. The molecule has 0 fully saturated rings. The molecule has 0 aromatic heterocycles. The van der Waals surface area contributed by atoms with Gasteiger partial charge < -0.3 is 15.2 Å². The lowest BCUT2D eigenvalue weighted by Gasteiger charge is -2.21. The standard InChI is InChI=1S/C19H14ClNO5/c1-9-3-5-11(6-4-9)21-17-16(20)18(24)14-12(23)7-8-13(26-10(2)22)15(14)19(17)25/h3-8,21,23H,1-2H3. The molecule has 6 nitrogen and oxygen atoms in total. The molecule has 0 radical (unpaired) electrons. The molecule has 0 amide bonds. The number of aryl methyl sites for hydroxylation is 1. The third-order valence-electron chi connectivity index (χ3n) is 3.82. The summed E-state index contributed by atoms with van der Waals surface area (Å²) in [5, 5.41) is 12.5. The smallest absolute Gasteiger partial charge is 0.308 e. The van der Waals surface area contributed by atoms with E-state index in [9.17, 15) is 19.5 Å². The van der Waals surface area contributed by atoms with Crippen molar-refractivity contribution in [3.8, 4) is 11.5 Å². The summed E-state index contributed by atoms with van der Waals surface area (Å²) in [4.78, 5) is 36.8. The molecule has 0 aliphatic heterocycles. The van der Waals surface area contributed by atoms with Gasteiger partial charge in [0, 0.05) is 12.6 Å². The lowest BCUT2D eigenvalue weighted by molar-refractivity contribution is -0.131. The molecular formula is C19H14ClNO5. The normalized spacial score (nSPS) is 13.5. The number of phenolic OH excluding ortho intramolecular Hbond substituents is 1. The Hall–Kier alpha value is -3.12. The molecule has 0 unspecified atom stereocenters. The minimum Gasteiger partial charge on any atom is -0.507 e. The number of benzene rings is 2. The Bertz CT molecular complexity index is 976. The molecule has 0 atom stereocenters. The van der Waals surface area contributed by atoms with Crippen molar-refractivity contribution in [3.63, 3.8) is 0 Å². The molecule has 0 bridgehead atoms. The van der Waals surface area contributed by atoms with Crippen molar-refractivity contribution in [1.82, 2.24) is 0 Å². The summed E-state index contributed by atoms with van der Waals surface area (Å²) in [5.74, 6) is -2.58. The molecule has 2 aromatic carbocycles. The second-order valence-corrected chi connectivity index (χ2v) is 6.14. The van der Waals surface area contributed by atoms with Crippen molar-refractivity contribution < 1.29 is 24.2 Å². The number of carbonyl (C=O) groups excluding carboxylic acids is 3. The minimum atomic E-state index is -0.734. The second kappa shape index (κ2) is 6.65. The number of aromatic hydroxyl groups is 1. The van der Waals surface area contributed by atoms with E-state index in [0.717, 1.165) is 5.56 Å². The molecule has 0 saturated heterocycles. The summed E-state index contributed by atoms with van der Waals surface area (Å²) in [6, 6.07) is 9.55. The monoisotopic (exact) mass is 371 g/mol. The first-order valence-corrected chi connectivity index (χ1v) is 8.04. The van der Waals surface area contributed by atoms with Crippen LogP contribution in [0.2, 0.25) is 0 Å². The lowest BCUT2D eigenvalue weighted by atomic mass is 9.90. The van der Waals surface area contributed by atoms with Crippen LogP contribution in [0.15, 0.2) is 47.1 Å². The SMILES string of the molecule is CC(=O)Oc1ccc(O)c2c1C(=O)C(Nc1ccc(C)cc1)=C(Cl)C2=O. The van der Waals surface area contributed by atoms with E-state index in [-0.39, 0.29) is 27.6 Å².